The molecule has 1 atom stereocenters. The van der Waals surface area contributed by atoms with Crippen LogP contribution in [0, 0.1) is 0 Å². The van der Waals surface area contributed by atoms with Gasteiger partial charge in [0.2, 0.25) is 0 Å². The van der Waals surface area contributed by atoms with E-state index in [9.17, 15) is 13.2 Å². The van der Waals surface area contributed by atoms with Crippen molar-refractivity contribution >= 4 is 44.3 Å². The molecular weight excluding hydrogens is 436 g/mol. The second-order valence-corrected chi connectivity index (χ2v) is 6.56. The van der Waals surface area contributed by atoms with Gasteiger partial charge in [-0.05, 0) is 23.8 Å². The molecule has 0 saturated carbocycles. The molecule has 21 heavy (non-hydrogen) atoms. The van der Waals surface area contributed by atoms with E-state index >= 15 is 0 Å². The molecule has 8 heteroatoms. The van der Waals surface area contributed by atoms with Crippen LogP contribution in [0.4, 0.5) is 13.2 Å². The first-order chi connectivity index (χ1) is 9.37. The fourth-order valence-electron chi connectivity index (χ4n) is 2.42. The molecule has 0 amide bonds. The van der Waals surface area contributed by atoms with Crippen LogP contribution in [-0.2, 0) is 0 Å². The van der Waals surface area contributed by atoms with Crippen LogP contribution in [0.2, 0.25) is 0 Å². The Morgan fingerprint density at radius 2 is 1.81 bits per heavy atom. The topological polar surface area (TPSA) is 15.3 Å². The molecule has 1 heterocycles. The van der Waals surface area contributed by atoms with Gasteiger partial charge in [-0.1, -0.05) is 31.9 Å². The summed E-state index contributed by atoms with van der Waals surface area (Å²) in [7, 11) is 0. The van der Waals surface area contributed by atoms with E-state index in [-0.39, 0.29) is 12.4 Å². The lowest BCUT2D eigenvalue weighted by molar-refractivity contribution is -0.148. The molecule has 2 nitrogen and oxygen atoms in total. The standard InChI is InChI=1S/C13H15Br2F3N2.ClH/c14-9-1-2-11(15)10(7-9)12(8-13(16,17)18)20-5-3-19-4-6-20;/h1-2,7,12,19H,3-6,8H2;1H/t12-;/m1./s1. The largest absolute Gasteiger partial charge is 0.390 e. The molecule has 1 aliphatic rings. The van der Waals surface area contributed by atoms with Crippen molar-refractivity contribution in [1.29, 1.82) is 0 Å². The molecule has 1 aromatic carbocycles. The zero-order valence-corrected chi connectivity index (χ0v) is 15.1. The van der Waals surface area contributed by atoms with Crippen molar-refractivity contribution in [2.75, 3.05) is 26.2 Å². The van der Waals surface area contributed by atoms with Gasteiger partial charge in [-0.25, -0.2) is 0 Å². The summed E-state index contributed by atoms with van der Waals surface area (Å²) in [5, 5.41) is 3.17. The lowest BCUT2D eigenvalue weighted by Crippen LogP contribution is -2.46. The minimum absolute atomic E-state index is 0. The Morgan fingerprint density at radius 3 is 2.38 bits per heavy atom. The number of hydrogen-bond donors (Lipinski definition) is 1. The maximum Gasteiger partial charge on any atom is 0.390 e. The summed E-state index contributed by atoms with van der Waals surface area (Å²) in [5.74, 6) is 0. The van der Waals surface area contributed by atoms with Crippen LogP contribution in [0.25, 0.3) is 0 Å². The number of benzene rings is 1. The number of piperazine rings is 1. The van der Waals surface area contributed by atoms with Crippen LogP contribution in [-0.4, -0.2) is 37.3 Å². The Labute approximate surface area is 145 Å². The highest BCUT2D eigenvalue weighted by molar-refractivity contribution is 9.11. The number of hydrogen-bond acceptors (Lipinski definition) is 2. The number of halogens is 6. The predicted molar refractivity (Wildman–Crippen MR) is 86.9 cm³/mol. The van der Waals surface area contributed by atoms with Crippen LogP contribution in [0.3, 0.4) is 0 Å². The monoisotopic (exact) mass is 450 g/mol. The molecule has 2 rings (SSSR count). The first-order valence-electron chi connectivity index (χ1n) is 6.33. The van der Waals surface area contributed by atoms with Gasteiger partial charge in [-0.15, -0.1) is 12.4 Å². The first-order valence-corrected chi connectivity index (χ1v) is 7.92. The van der Waals surface area contributed by atoms with E-state index in [1.165, 1.54) is 0 Å². The summed E-state index contributed by atoms with van der Waals surface area (Å²) in [6.45, 7) is 2.69. The second kappa shape index (κ2) is 8.15. The Kier molecular flexibility index (Phi) is 7.46. The lowest BCUT2D eigenvalue weighted by atomic mass is 10.0. The van der Waals surface area contributed by atoms with Gasteiger partial charge in [-0.3, -0.25) is 4.90 Å². The molecule has 0 aromatic heterocycles. The quantitative estimate of drug-likeness (QED) is 0.725. The van der Waals surface area contributed by atoms with E-state index in [0.717, 1.165) is 17.6 Å². The van der Waals surface area contributed by atoms with E-state index in [4.69, 9.17) is 0 Å². The van der Waals surface area contributed by atoms with Gasteiger partial charge in [0.25, 0.3) is 0 Å². The van der Waals surface area contributed by atoms with E-state index in [2.05, 4.69) is 37.2 Å². The molecule has 1 aromatic rings. The SMILES string of the molecule is Cl.FC(F)(F)C[C@H](c1cc(Br)ccc1Br)N1CCNCC1. The van der Waals surface area contributed by atoms with Crippen molar-refractivity contribution in [3.05, 3.63) is 32.7 Å². The van der Waals surface area contributed by atoms with E-state index < -0.39 is 18.6 Å². The van der Waals surface area contributed by atoms with Gasteiger partial charge < -0.3 is 5.32 Å². The van der Waals surface area contributed by atoms with E-state index in [0.29, 0.717) is 23.1 Å². The zero-order chi connectivity index (χ0) is 14.8. The third kappa shape index (κ3) is 5.71. The van der Waals surface area contributed by atoms with Crippen molar-refractivity contribution < 1.29 is 13.2 Å². The van der Waals surface area contributed by atoms with Crippen molar-refractivity contribution in [1.82, 2.24) is 10.2 Å². The Hall–Kier alpha value is 0.180. The maximum atomic E-state index is 12.9. The van der Waals surface area contributed by atoms with Crippen LogP contribution in [0.1, 0.15) is 18.0 Å². The smallest absolute Gasteiger partial charge is 0.314 e. The Bertz CT molecular complexity index is 465. The van der Waals surface area contributed by atoms with Gasteiger partial charge in [-0.2, -0.15) is 13.2 Å². The minimum Gasteiger partial charge on any atom is -0.314 e. The van der Waals surface area contributed by atoms with Gasteiger partial charge in [0.1, 0.15) is 0 Å². The summed E-state index contributed by atoms with van der Waals surface area (Å²) >= 11 is 6.71. The van der Waals surface area contributed by atoms with Gasteiger partial charge >= 0.3 is 6.18 Å². The summed E-state index contributed by atoms with van der Waals surface area (Å²) in [5.41, 5.74) is 0.679. The maximum absolute atomic E-state index is 12.9. The van der Waals surface area contributed by atoms with Crippen LogP contribution >= 0.6 is 44.3 Å². The molecule has 0 unspecified atom stereocenters. The predicted octanol–water partition coefficient (Wildman–Crippen LogP) is 4.53. The average molecular weight is 453 g/mol. The number of nitrogens with zero attached hydrogens (tertiary/aromatic N) is 1. The molecule has 0 radical (unpaired) electrons. The summed E-state index contributed by atoms with van der Waals surface area (Å²) < 4.78 is 40.2. The summed E-state index contributed by atoms with van der Waals surface area (Å²) in [6.07, 6.45) is -5.01. The summed E-state index contributed by atoms with van der Waals surface area (Å²) in [4.78, 5) is 1.90. The van der Waals surface area contributed by atoms with Crippen LogP contribution in [0.5, 0.6) is 0 Å². The number of rotatable bonds is 3. The third-order valence-corrected chi connectivity index (χ3v) is 4.55. The third-order valence-electron chi connectivity index (χ3n) is 3.33. The highest BCUT2D eigenvalue weighted by Crippen LogP contribution is 2.38. The second-order valence-electron chi connectivity index (χ2n) is 4.79. The molecule has 1 saturated heterocycles. The van der Waals surface area contributed by atoms with Gasteiger partial charge in [0, 0.05) is 41.2 Å². The average Bonchev–Trinajstić information content (AvgIpc) is 2.39. The van der Waals surface area contributed by atoms with Crippen molar-refractivity contribution in [2.45, 2.75) is 18.6 Å². The Balaban J connectivity index is 0.00000220. The lowest BCUT2D eigenvalue weighted by Gasteiger charge is -2.36. The molecule has 0 aliphatic carbocycles. The molecule has 120 valence electrons. The molecule has 1 N–H and O–H groups in total. The normalized spacial score (nSPS) is 18.1. The highest BCUT2D eigenvalue weighted by atomic mass is 79.9. The van der Waals surface area contributed by atoms with Gasteiger partial charge in [0.05, 0.1) is 6.42 Å². The zero-order valence-electron chi connectivity index (χ0n) is 11.1. The molecule has 0 spiro atoms. The Morgan fingerprint density at radius 1 is 1.19 bits per heavy atom. The molecule has 0 bridgehead atoms. The fourth-order valence-corrected chi connectivity index (χ4v) is 3.31. The molecule has 1 fully saturated rings. The van der Waals surface area contributed by atoms with Crippen molar-refractivity contribution in [2.24, 2.45) is 0 Å². The van der Waals surface area contributed by atoms with E-state index in [1.807, 2.05) is 11.0 Å². The van der Waals surface area contributed by atoms with Crippen LogP contribution < -0.4 is 5.32 Å². The summed E-state index contributed by atoms with van der Waals surface area (Å²) in [6, 6.07) is 4.72. The van der Waals surface area contributed by atoms with Crippen LogP contribution in [0.15, 0.2) is 27.1 Å². The van der Waals surface area contributed by atoms with E-state index in [1.54, 1.807) is 12.1 Å². The first kappa shape index (κ1) is 19.2. The van der Waals surface area contributed by atoms with Crippen molar-refractivity contribution in [3.63, 3.8) is 0 Å². The fraction of sp³-hybridized carbons (Fsp3) is 0.538. The highest BCUT2D eigenvalue weighted by Gasteiger charge is 2.36. The molecule has 1 aliphatic heterocycles. The number of nitrogens with one attached hydrogen (secondary N) is 1. The van der Waals surface area contributed by atoms with Crippen molar-refractivity contribution in [3.8, 4) is 0 Å². The van der Waals surface area contributed by atoms with Gasteiger partial charge in [0.15, 0.2) is 0 Å². The number of alkyl halides is 3. The minimum atomic E-state index is -4.18. The molecular formula is C13H16Br2ClF3N2.